The Hall–Kier alpha value is -0.410. The number of rotatable bonds is 1. The standard InChI is InChI=1S/C8H11NOS/c10-7-3-1-2-6(7)8-4-5-9-11-8/h4-7,10H,1-3H2. The van der Waals surface area contributed by atoms with Crippen LogP contribution in [0.1, 0.15) is 30.1 Å². The van der Waals surface area contributed by atoms with Crippen molar-refractivity contribution in [1.82, 2.24) is 4.37 Å². The second kappa shape index (κ2) is 2.91. The molecule has 2 rings (SSSR count). The molecule has 0 spiro atoms. The molecule has 0 radical (unpaired) electrons. The zero-order valence-corrected chi connectivity index (χ0v) is 7.05. The van der Waals surface area contributed by atoms with Gasteiger partial charge in [-0.05, 0) is 30.4 Å². The van der Waals surface area contributed by atoms with Crippen molar-refractivity contribution in [3.63, 3.8) is 0 Å². The van der Waals surface area contributed by atoms with E-state index in [4.69, 9.17) is 0 Å². The predicted octanol–water partition coefficient (Wildman–Crippen LogP) is 1.77. The van der Waals surface area contributed by atoms with Gasteiger partial charge < -0.3 is 5.11 Å². The van der Waals surface area contributed by atoms with Gasteiger partial charge in [-0.25, -0.2) is 4.37 Å². The molecule has 0 aliphatic heterocycles. The van der Waals surface area contributed by atoms with Crippen LogP contribution in [0.3, 0.4) is 0 Å². The first-order valence-corrected chi connectivity index (χ1v) is 4.74. The summed E-state index contributed by atoms with van der Waals surface area (Å²) in [6.07, 6.45) is 4.94. The first-order valence-electron chi connectivity index (χ1n) is 3.96. The Morgan fingerprint density at radius 3 is 3.00 bits per heavy atom. The molecule has 3 heteroatoms. The van der Waals surface area contributed by atoms with Gasteiger partial charge in [0.05, 0.1) is 6.10 Å². The van der Waals surface area contributed by atoms with Gasteiger partial charge in [-0.1, -0.05) is 6.42 Å². The van der Waals surface area contributed by atoms with Crippen LogP contribution in [0.5, 0.6) is 0 Å². The van der Waals surface area contributed by atoms with Crippen molar-refractivity contribution in [1.29, 1.82) is 0 Å². The van der Waals surface area contributed by atoms with Crippen molar-refractivity contribution in [3.05, 3.63) is 17.1 Å². The highest BCUT2D eigenvalue weighted by molar-refractivity contribution is 7.05. The molecule has 1 fully saturated rings. The van der Waals surface area contributed by atoms with Crippen LogP contribution in [0.15, 0.2) is 12.3 Å². The van der Waals surface area contributed by atoms with Gasteiger partial charge in [-0.15, -0.1) is 0 Å². The number of aliphatic hydroxyl groups excluding tert-OH is 1. The van der Waals surface area contributed by atoms with Crippen LogP contribution >= 0.6 is 11.5 Å². The van der Waals surface area contributed by atoms with E-state index in [2.05, 4.69) is 4.37 Å². The monoisotopic (exact) mass is 169 g/mol. The molecule has 1 aliphatic rings. The summed E-state index contributed by atoms with van der Waals surface area (Å²) in [5.74, 6) is 0.377. The Morgan fingerprint density at radius 1 is 1.55 bits per heavy atom. The van der Waals surface area contributed by atoms with Gasteiger partial charge in [0, 0.05) is 17.0 Å². The highest BCUT2D eigenvalue weighted by atomic mass is 32.1. The van der Waals surface area contributed by atoms with Crippen LogP contribution in [-0.2, 0) is 0 Å². The average Bonchev–Trinajstić information content (AvgIpc) is 2.55. The molecule has 1 heterocycles. The third-order valence-electron chi connectivity index (χ3n) is 2.30. The van der Waals surface area contributed by atoms with Crippen LogP contribution in [0.4, 0.5) is 0 Å². The topological polar surface area (TPSA) is 33.1 Å². The minimum atomic E-state index is -0.115. The lowest BCUT2D eigenvalue weighted by molar-refractivity contribution is 0.165. The van der Waals surface area contributed by atoms with Crippen molar-refractivity contribution in [3.8, 4) is 0 Å². The smallest absolute Gasteiger partial charge is 0.0617 e. The molecule has 0 saturated heterocycles. The Balaban J connectivity index is 2.16. The summed E-state index contributed by atoms with van der Waals surface area (Å²) in [6.45, 7) is 0. The van der Waals surface area contributed by atoms with E-state index in [9.17, 15) is 5.11 Å². The summed E-state index contributed by atoms with van der Waals surface area (Å²) >= 11 is 1.51. The lowest BCUT2D eigenvalue weighted by atomic mass is 10.0. The van der Waals surface area contributed by atoms with Gasteiger partial charge in [0.15, 0.2) is 0 Å². The summed E-state index contributed by atoms with van der Waals surface area (Å²) in [5, 5.41) is 9.54. The number of aliphatic hydroxyl groups is 1. The maximum atomic E-state index is 9.54. The summed E-state index contributed by atoms with van der Waals surface area (Å²) in [6, 6.07) is 2.02. The van der Waals surface area contributed by atoms with Crippen molar-refractivity contribution in [2.75, 3.05) is 0 Å². The Labute approximate surface area is 70.0 Å². The predicted molar refractivity (Wildman–Crippen MR) is 44.7 cm³/mol. The summed E-state index contributed by atoms with van der Waals surface area (Å²) < 4.78 is 4.03. The van der Waals surface area contributed by atoms with E-state index in [0.717, 1.165) is 19.3 Å². The lowest BCUT2D eigenvalue weighted by Gasteiger charge is -2.10. The number of hydrogen-bond donors (Lipinski definition) is 1. The molecule has 1 saturated carbocycles. The Morgan fingerprint density at radius 2 is 2.45 bits per heavy atom. The van der Waals surface area contributed by atoms with Gasteiger partial charge in [0.25, 0.3) is 0 Å². The van der Waals surface area contributed by atoms with Crippen molar-refractivity contribution in [2.24, 2.45) is 0 Å². The SMILES string of the molecule is OC1CCCC1c1ccns1. The van der Waals surface area contributed by atoms with E-state index in [1.165, 1.54) is 16.4 Å². The van der Waals surface area contributed by atoms with Crippen molar-refractivity contribution in [2.45, 2.75) is 31.3 Å². The second-order valence-corrected chi connectivity index (χ2v) is 3.88. The van der Waals surface area contributed by atoms with E-state index >= 15 is 0 Å². The third kappa shape index (κ3) is 1.30. The van der Waals surface area contributed by atoms with Crippen LogP contribution in [-0.4, -0.2) is 15.6 Å². The molecule has 0 bridgehead atoms. The van der Waals surface area contributed by atoms with Crippen LogP contribution in [0, 0.1) is 0 Å². The summed E-state index contributed by atoms with van der Waals surface area (Å²) in [4.78, 5) is 1.25. The fraction of sp³-hybridized carbons (Fsp3) is 0.625. The van der Waals surface area contributed by atoms with Crippen LogP contribution in [0.2, 0.25) is 0 Å². The minimum absolute atomic E-state index is 0.115. The number of hydrogen-bond acceptors (Lipinski definition) is 3. The lowest BCUT2D eigenvalue weighted by Crippen LogP contribution is -2.09. The van der Waals surface area contributed by atoms with E-state index in [1.807, 2.05) is 12.3 Å². The molecule has 11 heavy (non-hydrogen) atoms. The largest absolute Gasteiger partial charge is 0.392 e. The number of nitrogens with zero attached hydrogens (tertiary/aromatic N) is 1. The molecule has 1 aromatic heterocycles. The molecule has 2 atom stereocenters. The average molecular weight is 169 g/mol. The maximum Gasteiger partial charge on any atom is 0.0617 e. The van der Waals surface area contributed by atoms with Crippen LogP contribution < -0.4 is 0 Å². The van der Waals surface area contributed by atoms with Crippen molar-refractivity contribution < 1.29 is 5.11 Å². The fourth-order valence-corrected chi connectivity index (χ4v) is 2.46. The Kier molecular flexibility index (Phi) is 1.92. The zero-order chi connectivity index (χ0) is 7.68. The molecular weight excluding hydrogens is 158 g/mol. The third-order valence-corrected chi connectivity index (χ3v) is 3.18. The van der Waals surface area contributed by atoms with Gasteiger partial charge >= 0.3 is 0 Å². The fourth-order valence-electron chi connectivity index (χ4n) is 1.69. The molecule has 60 valence electrons. The van der Waals surface area contributed by atoms with Crippen LogP contribution in [0.25, 0.3) is 0 Å². The molecule has 0 aromatic carbocycles. The summed E-state index contributed by atoms with van der Waals surface area (Å²) in [5.41, 5.74) is 0. The highest BCUT2D eigenvalue weighted by Gasteiger charge is 2.27. The van der Waals surface area contributed by atoms with E-state index in [1.54, 1.807) is 0 Å². The summed E-state index contributed by atoms with van der Waals surface area (Å²) in [7, 11) is 0. The molecule has 1 aliphatic carbocycles. The van der Waals surface area contributed by atoms with Gasteiger partial charge in [0.2, 0.25) is 0 Å². The van der Waals surface area contributed by atoms with E-state index in [0.29, 0.717) is 5.92 Å². The Bertz CT molecular complexity index is 222. The van der Waals surface area contributed by atoms with E-state index in [-0.39, 0.29) is 6.10 Å². The normalized spacial score (nSPS) is 31.0. The maximum absolute atomic E-state index is 9.54. The molecule has 0 amide bonds. The second-order valence-electron chi connectivity index (χ2n) is 3.02. The van der Waals surface area contributed by atoms with Gasteiger partial charge in [0.1, 0.15) is 0 Å². The molecule has 1 N–H and O–H groups in total. The quantitative estimate of drug-likeness (QED) is 0.695. The first-order chi connectivity index (χ1) is 5.38. The molecule has 2 unspecified atom stereocenters. The minimum Gasteiger partial charge on any atom is -0.392 e. The first kappa shape index (κ1) is 7.25. The molecular formula is C8H11NOS. The van der Waals surface area contributed by atoms with Gasteiger partial charge in [-0.3, -0.25) is 0 Å². The number of aromatic nitrogens is 1. The highest BCUT2D eigenvalue weighted by Crippen LogP contribution is 2.35. The molecule has 2 nitrogen and oxygen atoms in total. The van der Waals surface area contributed by atoms with Crippen molar-refractivity contribution >= 4 is 11.5 Å². The van der Waals surface area contributed by atoms with E-state index < -0.39 is 0 Å². The van der Waals surface area contributed by atoms with Gasteiger partial charge in [-0.2, -0.15) is 0 Å². The molecule has 1 aromatic rings. The zero-order valence-electron chi connectivity index (χ0n) is 6.23.